The van der Waals surface area contributed by atoms with E-state index in [0.717, 1.165) is 55.4 Å². The summed E-state index contributed by atoms with van der Waals surface area (Å²) in [6, 6.07) is 0. The number of nitrogens with one attached hydrogen (secondary N) is 1. The fourth-order valence-corrected chi connectivity index (χ4v) is 6.64. The van der Waals surface area contributed by atoms with Gasteiger partial charge in [-0.25, -0.2) is 0 Å². The molecule has 1 saturated heterocycles. The van der Waals surface area contributed by atoms with Crippen molar-refractivity contribution in [3.05, 3.63) is 11.7 Å². The number of piperidine rings is 1. The first-order valence-electron chi connectivity index (χ1n) is 9.76. The Labute approximate surface area is 156 Å². The number of halogens is 1. The first kappa shape index (κ1) is 17.7. The third-order valence-corrected chi connectivity index (χ3v) is 7.37. The van der Waals surface area contributed by atoms with Crippen molar-refractivity contribution in [3.63, 3.8) is 0 Å². The summed E-state index contributed by atoms with van der Waals surface area (Å²) in [4.78, 5) is 5.03. The molecule has 0 amide bonds. The maximum absolute atomic E-state index is 5.88. The quantitative estimate of drug-likeness (QED) is 0.885. The highest BCUT2D eigenvalue weighted by Crippen LogP contribution is 2.60. The lowest BCUT2D eigenvalue weighted by atomic mass is 9.49. The zero-order chi connectivity index (χ0) is 16.2. The molecule has 25 heavy (non-hydrogen) atoms. The number of ether oxygens (including phenoxy) is 1. The summed E-state index contributed by atoms with van der Waals surface area (Å²) >= 11 is 0. The van der Waals surface area contributed by atoms with E-state index >= 15 is 0 Å². The van der Waals surface area contributed by atoms with Gasteiger partial charge in [-0.2, -0.15) is 4.98 Å². The van der Waals surface area contributed by atoms with Gasteiger partial charge in [0, 0.05) is 12.5 Å². The normalized spacial score (nSPS) is 38.5. The first-order chi connectivity index (χ1) is 11.7. The van der Waals surface area contributed by atoms with Crippen molar-refractivity contribution < 1.29 is 9.26 Å². The Morgan fingerprint density at radius 3 is 2.24 bits per heavy atom. The SMILES string of the molecule is COCC1(c2nc(C34CC5CC(CC(C5)C3)C4)no2)CCNCC1.Cl. The van der Waals surface area contributed by atoms with Crippen LogP contribution in [0.15, 0.2) is 4.52 Å². The second-order valence-corrected chi connectivity index (χ2v) is 9.08. The lowest BCUT2D eigenvalue weighted by Gasteiger charge is -2.55. The highest BCUT2D eigenvalue weighted by molar-refractivity contribution is 5.85. The Morgan fingerprint density at radius 2 is 1.68 bits per heavy atom. The highest BCUT2D eigenvalue weighted by Gasteiger charge is 2.54. The van der Waals surface area contributed by atoms with Gasteiger partial charge in [0.15, 0.2) is 5.82 Å². The summed E-state index contributed by atoms with van der Waals surface area (Å²) in [7, 11) is 1.78. The Kier molecular flexibility index (Phi) is 4.62. The van der Waals surface area contributed by atoms with Crippen LogP contribution in [-0.2, 0) is 15.6 Å². The number of aromatic nitrogens is 2. The van der Waals surface area contributed by atoms with Crippen molar-refractivity contribution in [1.82, 2.24) is 15.5 Å². The zero-order valence-corrected chi connectivity index (χ0v) is 15.9. The van der Waals surface area contributed by atoms with Crippen molar-refractivity contribution in [2.75, 3.05) is 26.8 Å². The molecule has 0 radical (unpaired) electrons. The van der Waals surface area contributed by atoms with Crippen LogP contribution in [0.1, 0.15) is 63.1 Å². The van der Waals surface area contributed by atoms with Crippen LogP contribution in [0.5, 0.6) is 0 Å². The average Bonchev–Trinajstić information content (AvgIpc) is 3.06. The summed E-state index contributed by atoms with van der Waals surface area (Å²) in [5.41, 5.74) is 0.130. The molecular weight excluding hydrogens is 338 g/mol. The van der Waals surface area contributed by atoms with Crippen LogP contribution in [-0.4, -0.2) is 36.9 Å². The first-order valence-corrected chi connectivity index (χ1v) is 9.76. The molecule has 1 aliphatic heterocycles. The molecule has 1 aromatic rings. The maximum Gasteiger partial charge on any atom is 0.235 e. The molecule has 6 rings (SSSR count). The van der Waals surface area contributed by atoms with E-state index in [4.69, 9.17) is 14.2 Å². The van der Waals surface area contributed by atoms with Crippen molar-refractivity contribution >= 4 is 12.4 Å². The molecule has 4 aliphatic carbocycles. The number of hydrogen-bond donors (Lipinski definition) is 1. The van der Waals surface area contributed by atoms with E-state index in [2.05, 4.69) is 10.5 Å². The molecule has 5 fully saturated rings. The van der Waals surface area contributed by atoms with Gasteiger partial charge in [0.2, 0.25) is 5.89 Å². The molecule has 4 bridgehead atoms. The van der Waals surface area contributed by atoms with Crippen LogP contribution in [0.2, 0.25) is 0 Å². The predicted molar refractivity (Wildman–Crippen MR) is 97.1 cm³/mol. The second-order valence-electron chi connectivity index (χ2n) is 9.08. The average molecular weight is 368 g/mol. The summed E-state index contributed by atoms with van der Waals surface area (Å²) < 4.78 is 11.4. The predicted octanol–water partition coefficient (Wildman–Crippen LogP) is 3.23. The summed E-state index contributed by atoms with van der Waals surface area (Å²) in [6.07, 6.45) is 10.2. The van der Waals surface area contributed by atoms with Crippen LogP contribution >= 0.6 is 12.4 Å². The largest absolute Gasteiger partial charge is 0.384 e. The van der Waals surface area contributed by atoms with E-state index in [1.165, 1.54) is 38.5 Å². The monoisotopic (exact) mass is 367 g/mol. The smallest absolute Gasteiger partial charge is 0.235 e. The summed E-state index contributed by atoms with van der Waals surface area (Å²) in [6.45, 7) is 2.67. The molecule has 4 saturated carbocycles. The fraction of sp³-hybridized carbons (Fsp3) is 0.895. The van der Waals surface area contributed by atoms with Crippen molar-refractivity contribution in [1.29, 1.82) is 0 Å². The molecule has 0 atom stereocenters. The van der Waals surface area contributed by atoms with Crippen LogP contribution in [0, 0.1) is 17.8 Å². The molecule has 0 unspecified atom stereocenters. The minimum Gasteiger partial charge on any atom is -0.384 e. The molecule has 1 N–H and O–H groups in total. The Hall–Kier alpha value is -0.650. The summed E-state index contributed by atoms with van der Waals surface area (Å²) in [5, 5.41) is 7.98. The van der Waals surface area contributed by atoms with Gasteiger partial charge in [-0.3, -0.25) is 0 Å². The van der Waals surface area contributed by atoms with E-state index in [1.54, 1.807) is 7.11 Å². The van der Waals surface area contributed by atoms with Crippen LogP contribution in [0.3, 0.4) is 0 Å². The van der Waals surface area contributed by atoms with Crippen LogP contribution in [0.4, 0.5) is 0 Å². The molecule has 5 nitrogen and oxygen atoms in total. The van der Waals surface area contributed by atoms with Gasteiger partial charge in [-0.05, 0) is 82.2 Å². The molecule has 5 aliphatic rings. The van der Waals surface area contributed by atoms with Crippen molar-refractivity contribution in [3.8, 4) is 0 Å². The van der Waals surface area contributed by atoms with E-state index in [-0.39, 0.29) is 23.2 Å². The van der Waals surface area contributed by atoms with Gasteiger partial charge in [0.25, 0.3) is 0 Å². The van der Waals surface area contributed by atoms with Gasteiger partial charge >= 0.3 is 0 Å². The molecule has 6 heteroatoms. The number of methoxy groups -OCH3 is 1. The maximum atomic E-state index is 5.88. The minimum atomic E-state index is -0.0897. The number of rotatable bonds is 4. The van der Waals surface area contributed by atoms with Gasteiger partial charge in [0.1, 0.15) is 0 Å². The Morgan fingerprint density at radius 1 is 1.08 bits per heavy atom. The standard InChI is InChI=1S/C19H29N3O2.ClH/c1-23-12-18(2-4-20-5-3-18)17-21-16(22-24-17)19-9-13-6-14(10-19)8-15(7-13)11-19;/h13-15,20H,2-12H2,1H3;1H. The number of hydrogen-bond acceptors (Lipinski definition) is 5. The second kappa shape index (κ2) is 6.50. The Bertz CT molecular complexity index is 571. The van der Waals surface area contributed by atoms with Gasteiger partial charge in [-0.1, -0.05) is 5.16 Å². The third-order valence-electron chi connectivity index (χ3n) is 7.37. The molecule has 0 aromatic carbocycles. The van der Waals surface area contributed by atoms with E-state index in [9.17, 15) is 0 Å². The van der Waals surface area contributed by atoms with Gasteiger partial charge in [-0.15, -0.1) is 12.4 Å². The Balaban J connectivity index is 0.00000157. The van der Waals surface area contributed by atoms with Crippen LogP contribution < -0.4 is 5.32 Å². The van der Waals surface area contributed by atoms with E-state index in [1.807, 2.05) is 0 Å². The lowest BCUT2D eigenvalue weighted by molar-refractivity contribution is -0.0103. The number of nitrogens with zero attached hydrogens (tertiary/aromatic N) is 2. The molecule has 0 spiro atoms. The van der Waals surface area contributed by atoms with E-state index < -0.39 is 0 Å². The van der Waals surface area contributed by atoms with Gasteiger partial charge < -0.3 is 14.6 Å². The third kappa shape index (κ3) is 2.83. The van der Waals surface area contributed by atoms with Crippen molar-refractivity contribution in [2.24, 2.45) is 17.8 Å². The summed E-state index contributed by atoms with van der Waals surface area (Å²) in [5.74, 6) is 4.57. The highest BCUT2D eigenvalue weighted by atomic mass is 35.5. The van der Waals surface area contributed by atoms with E-state index in [0.29, 0.717) is 6.61 Å². The molecule has 2 heterocycles. The van der Waals surface area contributed by atoms with Crippen LogP contribution in [0.25, 0.3) is 0 Å². The van der Waals surface area contributed by atoms with Crippen molar-refractivity contribution in [2.45, 2.75) is 62.2 Å². The minimum absolute atomic E-state index is 0. The molecular formula is C19H30ClN3O2. The zero-order valence-electron chi connectivity index (χ0n) is 15.1. The molecule has 1 aromatic heterocycles. The van der Waals surface area contributed by atoms with Gasteiger partial charge in [0.05, 0.1) is 12.0 Å². The lowest BCUT2D eigenvalue weighted by Crippen LogP contribution is -2.49. The fourth-order valence-electron chi connectivity index (χ4n) is 6.64. The topological polar surface area (TPSA) is 60.2 Å². The molecule has 140 valence electrons.